The molecule has 0 saturated carbocycles. The smallest absolute Gasteiger partial charge is 0.223 e. The highest BCUT2D eigenvalue weighted by Crippen LogP contribution is 2.22. The van der Waals surface area contributed by atoms with E-state index in [1.165, 1.54) is 31.1 Å². The van der Waals surface area contributed by atoms with E-state index in [1.54, 1.807) is 13.1 Å². The second-order valence-corrected chi connectivity index (χ2v) is 2.90. The van der Waals surface area contributed by atoms with Crippen LogP contribution in [0.3, 0.4) is 0 Å². The van der Waals surface area contributed by atoms with Crippen LogP contribution >= 0.6 is 0 Å². The van der Waals surface area contributed by atoms with Crippen molar-refractivity contribution < 1.29 is 13.9 Å². The van der Waals surface area contributed by atoms with Crippen molar-refractivity contribution in [2.24, 2.45) is 0 Å². The van der Waals surface area contributed by atoms with Crippen LogP contribution in [0.4, 0.5) is 10.1 Å². The normalized spacial score (nSPS) is 9.71. The van der Waals surface area contributed by atoms with Gasteiger partial charge in [-0.15, -0.1) is 0 Å². The minimum Gasteiger partial charge on any atom is -0.494 e. The first-order chi connectivity index (χ1) is 6.56. The third-order valence-electron chi connectivity index (χ3n) is 2.00. The molecule has 0 aromatic heterocycles. The second kappa shape index (κ2) is 4.09. The minimum absolute atomic E-state index is 0.144. The molecule has 0 heterocycles. The van der Waals surface area contributed by atoms with E-state index in [0.717, 1.165) is 0 Å². The molecular formula is C10H12FNO2. The van der Waals surface area contributed by atoms with Crippen LogP contribution in [0, 0.1) is 5.82 Å². The van der Waals surface area contributed by atoms with Gasteiger partial charge in [-0.3, -0.25) is 4.79 Å². The fourth-order valence-corrected chi connectivity index (χ4v) is 1.05. The molecule has 0 N–H and O–H groups in total. The molecule has 0 aliphatic rings. The molecule has 0 radical (unpaired) electrons. The van der Waals surface area contributed by atoms with E-state index in [4.69, 9.17) is 4.74 Å². The summed E-state index contributed by atoms with van der Waals surface area (Å²) < 4.78 is 18.0. The minimum atomic E-state index is -0.474. The summed E-state index contributed by atoms with van der Waals surface area (Å²) in [5, 5.41) is 0. The fraction of sp³-hybridized carbons (Fsp3) is 0.300. The summed E-state index contributed by atoms with van der Waals surface area (Å²) in [7, 11) is 2.98. The summed E-state index contributed by atoms with van der Waals surface area (Å²) >= 11 is 0. The maximum atomic E-state index is 13.2. The monoisotopic (exact) mass is 197 g/mol. The Morgan fingerprint density at radius 3 is 2.57 bits per heavy atom. The van der Waals surface area contributed by atoms with Crippen molar-refractivity contribution in [1.29, 1.82) is 0 Å². The number of halogens is 1. The molecule has 0 fully saturated rings. The number of hydrogen-bond donors (Lipinski definition) is 0. The lowest BCUT2D eigenvalue weighted by Crippen LogP contribution is -2.22. The Hall–Kier alpha value is -1.58. The summed E-state index contributed by atoms with van der Waals surface area (Å²) in [4.78, 5) is 12.3. The molecule has 0 bridgehead atoms. The van der Waals surface area contributed by atoms with Crippen molar-refractivity contribution in [2.75, 3.05) is 19.1 Å². The number of anilines is 1. The molecule has 0 saturated heterocycles. The van der Waals surface area contributed by atoms with Gasteiger partial charge in [0.2, 0.25) is 5.91 Å². The van der Waals surface area contributed by atoms with Crippen LogP contribution in [0.5, 0.6) is 5.75 Å². The Morgan fingerprint density at radius 2 is 2.14 bits per heavy atom. The number of nitrogens with zero attached hydrogens (tertiary/aromatic N) is 1. The summed E-state index contributed by atoms with van der Waals surface area (Å²) in [5.74, 6) is -0.446. The topological polar surface area (TPSA) is 29.5 Å². The number of hydrogen-bond acceptors (Lipinski definition) is 2. The van der Waals surface area contributed by atoms with Crippen molar-refractivity contribution in [3.05, 3.63) is 24.0 Å². The maximum Gasteiger partial charge on any atom is 0.223 e. The van der Waals surface area contributed by atoms with Crippen molar-refractivity contribution >= 4 is 11.6 Å². The van der Waals surface area contributed by atoms with E-state index in [9.17, 15) is 9.18 Å². The predicted molar refractivity (Wildman–Crippen MR) is 52.0 cm³/mol. The highest BCUT2D eigenvalue weighted by Gasteiger charge is 2.09. The molecule has 0 atom stereocenters. The SMILES string of the molecule is COc1ccc(N(C)C(C)=O)cc1F. The molecule has 1 rings (SSSR count). The van der Waals surface area contributed by atoms with Gasteiger partial charge in [0, 0.05) is 25.7 Å². The zero-order valence-corrected chi connectivity index (χ0v) is 8.37. The molecule has 0 spiro atoms. The summed E-state index contributed by atoms with van der Waals surface area (Å²) in [6.07, 6.45) is 0. The Labute approximate surface area is 82.1 Å². The Bertz CT molecular complexity index is 352. The van der Waals surface area contributed by atoms with E-state index in [0.29, 0.717) is 5.69 Å². The van der Waals surface area contributed by atoms with Crippen molar-refractivity contribution in [3.8, 4) is 5.75 Å². The predicted octanol–water partition coefficient (Wildman–Crippen LogP) is 1.82. The van der Waals surface area contributed by atoms with Gasteiger partial charge in [0.1, 0.15) is 0 Å². The third kappa shape index (κ3) is 2.02. The average molecular weight is 197 g/mol. The van der Waals surface area contributed by atoms with Crippen LogP contribution in [-0.4, -0.2) is 20.1 Å². The van der Waals surface area contributed by atoms with Crippen LogP contribution in [-0.2, 0) is 4.79 Å². The van der Waals surface area contributed by atoms with E-state index >= 15 is 0 Å². The van der Waals surface area contributed by atoms with Crippen LogP contribution in [0.1, 0.15) is 6.92 Å². The van der Waals surface area contributed by atoms with Crippen molar-refractivity contribution in [3.63, 3.8) is 0 Å². The highest BCUT2D eigenvalue weighted by molar-refractivity contribution is 5.90. The van der Waals surface area contributed by atoms with Gasteiger partial charge in [-0.25, -0.2) is 4.39 Å². The number of ether oxygens (including phenoxy) is 1. The van der Waals surface area contributed by atoms with Crippen LogP contribution < -0.4 is 9.64 Å². The lowest BCUT2D eigenvalue weighted by molar-refractivity contribution is -0.116. The van der Waals surface area contributed by atoms with Crippen molar-refractivity contribution in [2.45, 2.75) is 6.92 Å². The molecule has 0 aliphatic carbocycles. The Balaban J connectivity index is 3.02. The van der Waals surface area contributed by atoms with Gasteiger partial charge in [-0.05, 0) is 12.1 Å². The lowest BCUT2D eigenvalue weighted by atomic mass is 10.2. The molecule has 4 heteroatoms. The highest BCUT2D eigenvalue weighted by atomic mass is 19.1. The first-order valence-corrected chi connectivity index (χ1v) is 4.14. The second-order valence-electron chi connectivity index (χ2n) is 2.90. The molecule has 0 unspecified atom stereocenters. The summed E-state index contributed by atoms with van der Waals surface area (Å²) in [5.41, 5.74) is 0.510. The molecule has 14 heavy (non-hydrogen) atoms. The van der Waals surface area contributed by atoms with Gasteiger partial charge >= 0.3 is 0 Å². The number of amides is 1. The van der Waals surface area contributed by atoms with Gasteiger partial charge in [-0.2, -0.15) is 0 Å². The Morgan fingerprint density at radius 1 is 1.50 bits per heavy atom. The molecule has 76 valence electrons. The molecule has 1 aromatic rings. The average Bonchev–Trinajstić information content (AvgIpc) is 2.16. The first-order valence-electron chi connectivity index (χ1n) is 4.14. The lowest BCUT2D eigenvalue weighted by Gasteiger charge is -2.15. The quantitative estimate of drug-likeness (QED) is 0.723. The van der Waals surface area contributed by atoms with Crippen LogP contribution in [0.25, 0.3) is 0 Å². The number of carbonyl (C=O) groups is 1. The van der Waals surface area contributed by atoms with E-state index in [1.807, 2.05) is 0 Å². The van der Waals surface area contributed by atoms with E-state index in [2.05, 4.69) is 0 Å². The number of carbonyl (C=O) groups excluding carboxylic acids is 1. The first kappa shape index (κ1) is 10.5. The number of benzene rings is 1. The molecule has 0 aliphatic heterocycles. The van der Waals surface area contributed by atoms with Crippen LogP contribution in [0.2, 0.25) is 0 Å². The largest absolute Gasteiger partial charge is 0.494 e. The number of methoxy groups -OCH3 is 1. The fourth-order valence-electron chi connectivity index (χ4n) is 1.05. The Kier molecular flexibility index (Phi) is 3.06. The molecule has 3 nitrogen and oxygen atoms in total. The zero-order chi connectivity index (χ0) is 10.7. The van der Waals surface area contributed by atoms with Gasteiger partial charge in [-0.1, -0.05) is 0 Å². The third-order valence-corrected chi connectivity index (χ3v) is 2.00. The van der Waals surface area contributed by atoms with Gasteiger partial charge < -0.3 is 9.64 Å². The summed E-state index contributed by atoms with van der Waals surface area (Å²) in [6.45, 7) is 1.42. The summed E-state index contributed by atoms with van der Waals surface area (Å²) in [6, 6.07) is 4.38. The van der Waals surface area contributed by atoms with E-state index in [-0.39, 0.29) is 11.7 Å². The standard InChI is InChI=1S/C10H12FNO2/c1-7(13)12(2)8-4-5-10(14-3)9(11)6-8/h4-6H,1-3H3. The van der Waals surface area contributed by atoms with E-state index < -0.39 is 5.82 Å². The number of rotatable bonds is 2. The molecule has 1 amide bonds. The molecular weight excluding hydrogens is 185 g/mol. The van der Waals surface area contributed by atoms with Gasteiger partial charge in [0.15, 0.2) is 11.6 Å². The molecule has 1 aromatic carbocycles. The maximum absolute atomic E-state index is 13.2. The van der Waals surface area contributed by atoms with Gasteiger partial charge in [0.05, 0.1) is 7.11 Å². The zero-order valence-electron chi connectivity index (χ0n) is 8.37. The van der Waals surface area contributed by atoms with Gasteiger partial charge in [0.25, 0.3) is 0 Å². The van der Waals surface area contributed by atoms with Crippen LogP contribution in [0.15, 0.2) is 18.2 Å². The van der Waals surface area contributed by atoms with Crippen molar-refractivity contribution in [1.82, 2.24) is 0 Å².